The lowest BCUT2D eigenvalue weighted by atomic mass is 9.67. The summed E-state index contributed by atoms with van der Waals surface area (Å²) in [6.45, 7) is 0. The van der Waals surface area contributed by atoms with Crippen molar-refractivity contribution in [1.82, 2.24) is 0 Å². The van der Waals surface area contributed by atoms with E-state index in [1.165, 1.54) is 77.2 Å². The molecule has 1 heteroatoms. The van der Waals surface area contributed by atoms with Crippen LogP contribution in [0.3, 0.4) is 0 Å². The normalized spacial score (nSPS) is 12.6. The number of nitrogens with zero attached hydrogens (tertiary/aromatic N) is 1. The highest BCUT2D eigenvalue weighted by molar-refractivity contribution is 6.14. The molecule has 0 N–H and O–H groups in total. The molecule has 0 aromatic heterocycles. The first-order chi connectivity index (χ1) is 28.8. The molecular formula is C57H39N. The van der Waals surface area contributed by atoms with E-state index in [2.05, 4.69) is 241 Å². The highest BCUT2D eigenvalue weighted by Crippen LogP contribution is 2.56. The van der Waals surface area contributed by atoms with Crippen molar-refractivity contribution in [2.24, 2.45) is 0 Å². The Hall–Kier alpha value is -7.48. The van der Waals surface area contributed by atoms with Crippen LogP contribution >= 0.6 is 0 Å². The van der Waals surface area contributed by atoms with Crippen LogP contribution in [0, 0.1) is 0 Å². The molecule has 0 saturated heterocycles. The third-order valence-electron chi connectivity index (χ3n) is 12.1. The Morgan fingerprint density at radius 2 is 0.793 bits per heavy atom. The molecule has 0 fully saturated rings. The minimum Gasteiger partial charge on any atom is -0.310 e. The molecular weight excluding hydrogens is 699 g/mol. The largest absolute Gasteiger partial charge is 0.310 e. The molecule has 0 unspecified atom stereocenters. The van der Waals surface area contributed by atoms with Gasteiger partial charge in [-0.05, 0) is 102 Å². The van der Waals surface area contributed by atoms with Crippen LogP contribution in [0.2, 0.25) is 0 Å². The topological polar surface area (TPSA) is 3.24 Å². The highest BCUT2D eigenvalue weighted by Gasteiger charge is 2.46. The Kier molecular flexibility index (Phi) is 8.12. The lowest BCUT2D eigenvalue weighted by Crippen LogP contribution is -2.28. The third kappa shape index (κ3) is 5.32. The molecule has 1 nitrogen and oxygen atoms in total. The quantitative estimate of drug-likeness (QED) is 0.147. The monoisotopic (exact) mass is 737 g/mol. The van der Waals surface area contributed by atoms with Crippen molar-refractivity contribution in [2.45, 2.75) is 5.41 Å². The minimum absolute atomic E-state index is 0.507. The summed E-state index contributed by atoms with van der Waals surface area (Å²) in [5.74, 6) is 0. The second-order valence-corrected chi connectivity index (χ2v) is 15.2. The second-order valence-electron chi connectivity index (χ2n) is 15.2. The van der Waals surface area contributed by atoms with E-state index in [9.17, 15) is 0 Å². The maximum Gasteiger partial charge on any atom is 0.0714 e. The molecule has 10 aromatic carbocycles. The van der Waals surface area contributed by atoms with E-state index in [-0.39, 0.29) is 0 Å². The molecule has 0 bridgehead atoms. The van der Waals surface area contributed by atoms with Gasteiger partial charge in [0.2, 0.25) is 0 Å². The van der Waals surface area contributed by atoms with Gasteiger partial charge in [0.1, 0.15) is 0 Å². The smallest absolute Gasteiger partial charge is 0.0714 e. The van der Waals surface area contributed by atoms with Crippen molar-refractivity contribution < 1.29 is 0 Å². The third-order valence-corrected chi connectivity index (χ3v) is 12.1. The van der Waals surface area contributed by atoms with E-state index < -0.39 is 5.41 Å². The maximum absolute atomic E-state index is 2.47. The van der Waals surface area contributed by atoms with Crippen molar-refractivity contribution in [2.75, 3.05) is 4.90 Å². The Balaban J connectivity index is 1.15. The molecule has 11 rings (SSSR count). The van der Waals surface area contributed by atoms with E-state index in [0.29, 0.717) is 0 Å². The molecule has 0 aliphatic heterocycles. The van der Waals surface area contributed by atoms with E-state index in [1.54, 1.807) is 0 Å². The van der Waals surface area contributed by atoms with Crippen molar-refractivity contribution in [1.29, 1.82) is 0 Å². The van der Waals surface area contributed by atoms with E-state index in [1.807, 2.05) is 0 Å². The molecule has 1 aliphatic rings. The molecule has 0 spiro atoms. The Morgan fingerprint density at radius 1 is 0.293 bits per heavy atom. The zero-order valence-electron chi connectivity index (χ0n) is 32.0. The predicted molar refractivity (Wildman–Crippen MR) is 244 cm³/mol. The lowest BCUT2D eigenvalue weighted by molar-refractivity contribution is 0.768. The van der Waals surface area contributed by atoms with Crippen LogP contribution in [0.25, 0.3) is 54.9 Å². The summed E-state index contributed by atoms with van der Waals surface area (Å²) in [7, 11) is 0. The predicted octanol–water partition coefficient (Wildman–Crippen LogP) is 15.2. The average Bonchev–Trinajstić information content (AvgIpc) is 3.61. The van der Waals surface area contributed by atoms with Crippen LogP contribution in [0.1, 0.15) is 22.3 Å². The number of benzene rings is 10. The van der Waals surface area contributed by atoms with Gasteiger partial charge in [0.05, 0.1) is 11.1 Å². The average molecular weight is 738 g/mol. The van der Waals surface area contributed by atoms with Crippen LogP contribution in [0.15, 0.2) is 237 Å². The fourth-order valence-electron chi connectivity index (χ4n) is 9.63. The Bertz CT molecular complexity index is 3060. The minimum atomic E-state index is -0.507. The number of rotatable bonds is 7. The summed E-state index contributed by atoms with van der Waals surface area (Å²) in [5.41, 5.74) is 15.4. The summed E-state index contributed by atoms with van der Waals surface area (Å²) in [6, 6.07) is 86.8. The van der Waals surface area contributed by atoms with Gasteiger partial charge in [0.15, 0.2) is 0 Å². The van der Waals surface area contributed by atoms with Gasteiger partial charge in [0.25, 0.3) is 0 Å². The van der Waals surface area contributed by atoms with Gasteiger partial charge in [-0.3, -0.25) is 0 Å². The molecule has 0 saturated carbocycles. The van der Waals surface area contributed by atoms with Gasteiger partial charge < -0.3 is 4.90 Å². The van der Waals surface area contributed by atoms with Crippen molar-refractivity contribution in [3.63, 3.8) is 0 Å². The van der Waals surface area contributed by atoms with Crippen LogP contribution in [0.4, 0.5) is 17.1 Å². The second kappa shape index (κ2) is 13.9. The molecule has 0 radical (unpaired) electrons. The zero-order chi connectivity index (χ0) is 38.5. The van der Waals surface area contributed by atoms with Crippen molar-refractivity contribution in [3.05, 3.63) is 259 Å². The van der Waals surface area contributed by atoms with Crippen molar-refractivity contribution in [3.8, 4) is 33.4 Å². The van der Waals surface area contributed by atoms with E-state index >= 15 is 0 Å². The Labute approximate surface area is 339 Å². The summed E-state index contributed by atoms with van der Waals surface area (Å²) < 4.78 is 0. The summed E-state index contributed by atoms with van der Waals surface area (Å²) in [6.07, 6.45) is 0. The molecule has 1 aliphatic carbocycles. The van der Waals surface area contributed by atoms with Crippen molar-refractivity contribution >= 4 is 38.6 Å². The zero-order valence-corrected chi connectivity index (χ0v) is 32.0. The van der Waals surface area contributed by atoms with Crippen LogP contribution in [0.5, 0.6) is 0 Å². The number of hydrogen-bond donors (Lipinski definition) is 0. The first-order valence-electron chi connectivity index (χ1n) is 20.1. The molecule has 58 heavy (non-hydrogen) atoms. The molecule has 0 heterocycles. The molecule has 0 amide bonds. The first-order valence-corrected chi connectivity index (χ1v) is 20.1. The van der Waals surface area contributed by atoms with Gasteiger partial charge >= 0.3 is 0 Å². The lowest BCUT2D eigenvalue weighted by Gasteiger charge is -2.35. The molecule has 0 atom stereocenters. The number of fused-ring (bicyclic) bond motifs is 6. The first kappa shape index (κ1) is 33.8. The number of hydrogen-bond acceptors (Lipinski definition) is 1. The maximum atomic E-state index is 2.47. The van der Waals surface area contributed by atoms with Gasteiger partial charge in [-0.1, -0.05) is 206 Å². The fourth-order valence-corrected chi connectivity index (χ4v) is 9.63. The van der Waals surface area contributed by atoms with Crippen LogP contribution in [-0.2, 0) is 5.41 Å². The van der Waals surface area contributed by atoms with Gasteiger partial charge in [-0.25, -0.2) is 0 Å². The number of anilines is 3. The fraction of sp³-hybridized carbons (Fsp3) is 0.0175. The van der Waals surface area contributed by atoms with Gasteiger partial charge in [-0.2, -0.15) is 0 Å². The van der Waals surface area contributed by atoms with Crippen LogP contribution in [-0.4, -0.2) is 0 Å². The summed E-state index contributed by atoms with van der Waals surface area (Å²) >= 11 is 0. The summed E-state index contributed by atoms with van der Waals surface area (Å²) in [4.78, 5) is 2.47. The Morgan fingerprint density at radius 3 is 1.47 bits per heavy atom. The SMILES string of the molecule is c1ccc(-c2ccccc2-c2ccc(N(c3cccc(C4(c5ccccc5)c5ccccc5-c5ccccc54)c3)c3cc4ccccc4c4ccccc34)cc2)cc1. The van der Waals surface area contributed by atoms with Crippen LogP contribution < -0.4 is 4.90 Å². The van der Waals surface area contributed by atoms with Gasteiger partial charge in [0, 0.05) is 16.8 Å². The molecule has 272 valence electrons. The van der Waals surface area contributed by atoms with Gasteiger partial charge in [-0.15, -0.1) is 0 Å². The van der Waals surface area contributed by atoms with E-state index in [4.69, 9.17) is 0 Å². The molecule has 10 aromatic rings. The summed E-state index contributed by atoms with van der Waals surface area (Å²) in [5, 5.41) is 4.92. The van der Waals surface area contributed by atoms with E-state index in [0.717, 1.165) is 17.1 Å². The standard InChI is InChI=1S/C57H39N/c1-3-18-40(19-4-1)47-25-9-10-26-48(47)41-34-36-45(37-35-41)58(56-38-42-20-7-8-27-49(42)50-28-11-12-31-53(50)56)46-24-17-23-44(39-46)57(43-21-5-2-6-22-43)54-32-15-13-29-51(54)52-30-14-16-33-55(52)57/h1-39H. The highest BCUT2D eigenvalue weighted by atomic mass is 15.1.